The van der Waals surface area contributed by atoms with Gasteiger partial charge in [0.25, 0.3) is 5.91 Å². The number of rotatable bonds is 7. The second kappa shape index (κ2) is 9.56. The molecule has 0 unspecified atom stereocenters. The first-order valence-electron chi connectivity index (χ1n) is 9.85. The molecule has 0 aliphatic heterocycles. The molecule has 0 heterocycles. The number of anilines is 1. The molecule has 4 nitrogen and oxygen atoms in total. The number of nitrogens with zero attached hydrogens (tertiary/aromatic N) is 1. The molecular weight excluding hydrogens is 336 g/mol. The molecular formula is C23H30N2O2. The summed E-state index contributed by atoms with van der Waals surface area (Å²) in [5, 5.41) is 3.00. The highest BCUT2D eigenvalue weighted by molar-refractivity contribution is 5.94. The van der Waals surface area contributed by atoms with E-state index in [9.17, 15) is 4.79 Å². The standard InChI is InChI=1S/C23H30N2O2/c1-25(21-9-4-3-5-10-21)22-13-11-18(12-14-22)16-24-23(26)20-8-6-7-19(15-20)17-27-2/h6-8,11-15,21H,3-5,9-10,16-17H2,1-2H3,(H,24,26). The monoisotopic (exact) mass is 366 g/mol. The van der Waals surface area contributed by atoms with E-state index in [4.69, 9.17) is 4.74 Å². The third-order valence-corrected chi connectivity index (χ3v) is 5.42. The van der Waals surface area contributed by atoms with Crippen LogP contribution in [0.3, 0.4) is 0 Å². The summed E-state index contributed by atoms with van der Waals surface area (Å²) < 4.78 is 5.13. The van der Waals surface area contributed by atoms with E-state index >= 15 is 0 Å². The zero-order valence-corrected chi connectivity index (χ0v) is 16.4. The van der Waals surface area contributed by atoms with Crippen LogP contribution in [-0.4, -0.2) is 26.1 Å². The lowest BCUT2D eigenvalue weighted by molar-refractivity contribution is 0.0950. The van der Waals surface area contributed by atoms with Gasteiger partial charge in [0.1, 0.15) is 0 Å². The van der Waals surface area contributed by atoms with Crippen LogP contribution in [0.4, 0.5) is 5.69 Å². The maximum absolute atomic E-state index is 12.4. The van der Waals surface area contributed by atoms with E-state index in [2.05, 4.69) is 41.5 Å². The number of benzene rings is 2. The summed E-state index contributed by atoms with van der Waals surface area (Å²) in [6, 6.07) is 16.7. The average Bonchev–Trinajstić information content (AvgIpc) is 2.73. The molecule has 0 aromatic heterocycles. The van der Waals surface area contributed by atoms with E-state index in [0.717, 1.165) is 11.1 Å². The van der Waals surface area contributed by atoms with Crippen molar-refractivity contribution in [3.05, 3.63) is 65.2 Å². The molecule has 2 aromatic carbocycles. The summed E-state index contributed by atoms with van der Waals surface area (Å²) in [4.78, 5) is 14.8. The highest BCUT2D eigenvalue weighted by Gasteiger charge is 2.18. The average molecular weight is 367 g/mol. The van der Waals surface area contributed by atoms with Crippen LogP contribution in [0.5, 0.6) is 0 Å². The fraction of sp³-hybridized carbons (Fsp3) is 0.435. The molecule has 144 valence electrons. The molecule has 0 saturated heterocycles. The number of ether oxygens (including phenoxy) is 1. The Morgan fingerprint density at radius 2 is 1.81 bits per heavy atom. The van der Waals surface area contributed by atoms with Gasteiger partial charge in [0.05, 0.1) is 6.61 Å². The molecule has 27 heavy (non-hydrogen) atoms. The number of methoxy groups -OCH3 is 1. The van der Waals surface area contributed by atoms with Crippen LogP contribution in [-0.2, 0) is 17.9 Å². The van der Waals surface area contributed by atoms with Gasteiger partial charge in [0.15, 0.2) is 0 Å². The van der Waals surface area contributed by atoms with Crippen molar-refractivity contribution in [2.45, 2.75) is 51.3 Å². The van der Waals surface area contributed by atoms with Crippen LogP contribution >= 0.6 is 0 Å². The van der Waals surface area contributed by atoms with Crippen molar-refractivity contribution in [3.8, 4) is 0 Å². The summed E-state index contributed by atoms with van der Waals surface area (Å²) in [7, 11) is 3.85. The van der Waals surface area contributed by atoms with E-state index in [0.29, 0.717) is 24.8 Å². The highest BCUT2D eigenvalue weighted by Crippen LogP contribution is 2.26. The largest absolute Gasteiger partial charge is 0.380 e. The van der Waals surface area contributed by atoms with Gasteiger partial charge in [-0.05, 0) is 48.2 Å². The van der Waals surface area contributed by atoms with Gasteiger partial charge in [-0.1, -0.05) is 43.5 Å². The second-order valence-corrected chi connectivity index (χ2v) is 7.39. The minimum absolute atomic E-state index is 0.0589. The first-order valence-corrected chi connectivity index (χ1v) is 9.85. The SMILES string of the molecule is COCc1cccc(C(=O)NCc2ccc(N(C)C3CCCCC3)cc2)c1. The molecule has 1 amide bonds. The quantitative estimate of drug-likeness (QED) is 0.783. The van der Waals surface area contributed by atoms with Crippen molar-refractivity contribution in [1.29, 1.82) is 0 Å². The van der Waals surface area contributed by atoms with Crippen molar-refractivity contribution >= 4 is 11.6 Å². The van der Waals surface area contributed by atoms with E-state index in [-0.39, 0.29) is 5.91 Å². The van der Waals surface area contributed by atoms with Crippen molar-refractivity contribution < 1.29 is 9.53 Å². The van der Waals surface area contributed by atoms with Gasteiger partial charge in [0.2, 0.25) is 0 Å². The van der Waals surface area contributed by atoms with Gasteiger partial charge in [-0.15, -0.1) is 0 Å². The highest BCUT2D eigenvalue weighted by atomic mass is 16.5. The van der Waals surface area contributed by atoms with E-state index < -0.39 is 0 Å². The summed E-state index contributed by atoms with van der Waals surface area (Å²) in [5.41, 5.74) is 4.03. The van der Waals surface area contributed by atoms with E-state index in [1.54, 1.807) is 7.11 Å². The predicted octanol–water partition coefficient (Wildman–Crippen LogP) is 4.53. The fourth-order valence-corrected chi connectivity index (χ4v) is 3.78. The maximum atomic E-state index is 12.4. The molecule has 0 bridgehead atoms. The predicted molar refractivity (Wildman–Crippen MR) is 110 cm³/mol. The number of hydrogen-bond donors (Lipinski definition) is 1. The normalized spacial score (nSPS) is 14.7. The van der Waals surface area contributed by atoms with Crippen molar-refractivity contribution in [3.63, 3.8) is 0 Å². The molecule has 0 radical (unpaired) electrons. The molecule has 3 rings (SSSR count). The maximum Gasteiger partial charge on any atom is 0.251 e. The van der Waals surface area contributed by atoms with Crippen molar-refractivity contribution in [2.24, 2.45) is 0 Å². The van der Waals surface area contributed by atoms with Gasteiger partial charge in [-0.25, -0.2) is 0 Å². The molecule has 1 aliphatic carbocycles. The smallest absolute Gasteiger partial charge is 0.251 e. The fourth-order valence-electron chi connectivity index (χ4n) is 3.78. The van der Waals surface area contributed by atoms with Crippen LogP contribution in [0.25, 0.3) is 0 Å². The topological polar surface area (TPSA) is 41.6 Å². The van der Waals surface area contributed by atoms with E-state index in [1.807, 2.05) is 24.3 Å². The molecule has 0 atom stereocenters. The molecule has 4 heteroatoms. The van der Waals surface area contributed by atoms with Gasteiger partial charge >= 0.3 is 0 Å². The molecule has 1 N–H and O–H groups in total. The van der Waals surface area contributed by atoms with Crippen LogP contribution < -0.4 is 10.2 Å². The number of amides is 1. The zero-order valence-electron chi connectivity index (χ0n) is 16.4. The Bertz CT molecular complexity index is 736. The third kappa shape index (κ3) is 5.33. The molecule has 1 saturated carbocycles. The second-order valence-electron chi connectivity index (χ2n) is 7.39. The van der Waals surface area contributed by atoms with Gasteiger partial charge < -0.3 is 15.0 Å². The summed E-state index contributed by atoms with van der Waals surface area (Å²) >= 11 is 0. The lowest BCUT2D eigenvalue weighted by Gasteiger charge is -2.33. The lowest BCUT2D eigenvalue weighted by Crippen LogP contribution is -2.33. The van der Waals surface area contributed by atoms with Crippen LogP contribution in [0, 0.1) is 0 Å². The Morgan fingerprint density at radius 3 is 2.52 bits per heavy atom. The Labute approximate surface area is 162 Å². The minimum atomic E-state index is -0.0589. The molecule has 2 aromatic rings. The van der Waals surface area contributed by atoms with Gasteiger partial charge in [-0.3, -0.25) is 4.79 Å². The van der Waals surface area contributed by atoms with Crippen molar-refractivity contribution in [2.75, 3.05) is 19.1 Å². The Kier molecular flexibility index (Phi) is 6.88. The molecule has 1 fully saturated rings. The van der Waals surface area contributed by atoms with Crippen LogP contribution in [0.1, 0.15) is 53.6 Å². The lowest BCUT2D eigenvalue weighted by atomic mass is 9.94. The Hall–Kier alpha value is -2.33. The van der Waals surface area contributed by atoms with Crippen LogP contribution in [0.2, 0.25) is 0 Å². The molecule has 0 spiro atoms. The van der Waals surface area contributed by atoms with Crippen LogP contribution in [0.15, 0.2) is 48.5 Å². The van der Waals surface area contributed by atoms with E-state index in [1.165, 1.54) is 37.8 Å². The van der Waals surface area contributed by atoms with Crippen molar-refractivity contribution in [1.82, 2.24) is 5.32 Å². The Balaban J connectivity index is 1.55. The molecule has 1 aliphatic rings. The number of carbonyl (C=O) groups is 1. The number of carbonyl (C=O) groups excluding carboxylic acids is 1. The first kappa shape index (κ1) is 19.4. The number of hydrogen-bond acceptors (Lipinski definition) is 3. The summed E-state index contributed by atoms with van der Waals surface area (Å²) in [6.45, 7) is 1.04. The first-order chi connectivity index (χ1) is 13.2. The minimum Gasteiger partial charge on any atom is -0.380 e. The zero-order chi connectivity index (χ0) is 19.1. The summed E-state index contributed by atoms with van der Waals surface area (Å²) in [5.74, 6) is -0.0589. The third-order valence-electron chi connectivity index (χ3n) is 5.42. The Morgan fingerprint density at radius 1 is 1.07 bits per heavy atom. The number of nitrogens with one attached hydrogen (secondary N) is 1. The summed E-state index contributed by atoms with van der Waals surface area (Å²) in [6.07, 6.45) is 6.62. The van der Waals surface area contributed by atoms with Gasteiger partial charge in [0, 0.05) is 38.0 Å². The van der Waals surface area contributed by atoms with Gasteiger partial charge in [-0.2, -0.15) is 0 Å².